The maximum Gasteiger partial charge on any atom is 0.250 e. The van der Waals surface area contributed by atoms with Crippen molar-refractivity contribution >= 4 is 15.9 Å². The van der Waals surface area contributed by atoms with Crippen LogP contribution < -0.4 is 5.56 Å². The second-order valence-corrected chi connectivity index (χ2v) is 6.60. The summed E-state index contributed by atoms with van der Waals surface area (Å²) in [5.41, 5.74) is 2.63. The van der Waals surface area contributed by atoms with E-state index in [0.29, 0.717) is 6.54 Å². The van der Waals surface area contributed by atoms with Crippen LogP contribution in [0.15, 0.2) is 64.1 Å². The van der Waals surface area contributed by atoms with Gasteiger partial charge >= 0.3 is 0 Å². The van der Waals surface area contributed by atoms with Gasteiger partial charge in [-0.3, -0.25) is 9.48 Å². The maximum absolute atomic E-state index is 11.9. The van der Waals surface area contributed by atoms with Crippen molar-refractivity contribution in [2.24, 2.45) is 0 Å². The summed E-state index contributed by atoms with van der Waals surface area (Å²) in [5, 5.41) is 14.9. The first kappa shape index (κ1) is 16.7. The molecule has 0 bridgehead atoms. The predicted molar refractivity (Wildman–Crippen MR) is 95.9 cm³/mol. The Morgan fingerprint density at radius 3 is 2.71 bits per heavy atom. The summed E-state index contributed by atoms with van der Waals surface area (Å²) in [6, 6.07) is 13.2. The molecular formula is C18H18BrN3O2. The third kappa shape index (κ3) is 3.66. The van der Waals surface area contributed by atoms with Crippen LogP contribution in [0.1, 0.15) is 22.9 Å². The fraction of sp³-hybridized carbons (Fsp3) is 0.222. The number of halogens is 1. The second kappa shape index (κ2) is 7.15. The predicted octanol–water partition coefficient (Wildman–Crippen LogP) is 2.90. The summed E-state index contributed by atoms with van der Waals surface area (Å²) in [5.74, 6) is 0. The van der Waals surface area contributed by atoms with Crippen LogP contribution in [0.2, 0.25) is 0 Å². The largest absolute Gasteiger partial charge is 0.386 e. The number of aliphatic hydroxyl groups is 1. The van der Waals surface area contributed by atoms with Crippen LogP contribution in [0.3, 0.4) is 0 Å². The number of pyridine rings is 1. The first-order valence-electron chi connectivity index (χ1n) is 7.65. The lowest BCUT2D eigenvalue weighted by atomic mass is 10.1. The van der Waals surface area contributed by atoms with E-state index in [1.54, 1.807) is 18.5 Å². The highest BCUT2D eigenvalue weighted by molar-refractivity contribution is 9.10. The summed E-state index contributed by atoms with van der Waals surface area (Å²) < 4.78 is 4.14. The Balaban J connectivity index is 1.80. The molecule has 0 fully saturated rings. The van der Waals surface area contributed by atoms with Crippen LogP contribution in [0.5, 0.6) is 0 Å². The molecule has 1 aromatic carbocycles. The highest BCUT2D eigenvalue weighted by atomic mass is 79.9. The van der Waals surface area contributed by atoms with Crippen LogP contribution in [-0.4, -0.2) is 19.5 Å². The molecule has 24 heavy (non-hydrogen) atoms. The van der Waals surface area contributed by atoms with Gasteiger partial charge in [0.2, 0.25) is 0 Å². The molecular weight excluding hydrogens is 370 g/mol. The number of hydrogen-bond acceptors (Lipinski definition) is 3. The van der Waals surface area contributed by atoms with Gasteiger partial charge in [0.1, 0.15) is 6.10 Å². The number of aliphatic hydroxyl groups excluding tert-OH is 1. The van der Waals surface area contributed by atoms with Gasteiger partial charge in [-0.05, 0) is 34.5 Å². The first-order chi connectivity index (χ1) is 11.5. The molecule has 0 saturated carbocycles. The fourth-order valence-electron chi connectivity index (χ4n) is 2.63. The van der Waals surface area contributed by atoms with E-state index in [2.05, 4.69) is 21.0 Å². The third-order valence-corrected chi connectivity index (χ3v) is 4.46. The lowest BCUT2D eigenvalue weighted by Crippen LogP contribution is -2.22. The molecule has 0 saturated heterocycles. The number of aromatic nitrogens is 3. The Morgan fingerprint density at radius 1 is 1.21 bits per heavy atom. The number of benzene rings is 1. The van der Waals surface area contributed by atoms with Crippen LogP contribution >= 0.6 is 15.9 Å². The number of hydrogen-bond donors (Lipinski definition) is 1. The second-order valence-electron chi connectivity index (χ2n) is 5.68. The highest BCUT2D eigenvalue weighted by Crippen LogP contribution is 2.20. The topological polar surface area (TPSA) is 60.1 Å². The zero-order chi connectivity index (χ0) is 17.1. The number of rotatable bonds is 5. The van der Waals surface area contributed by atoms with E-state index >= 15 is 0 Å². The monoisotopic (exact) mass is 387 g/mol. The lowest BCUT2D eigenvalue weighted by molar-refractivity contribution is 0.154. The molecule has 0 aliphatic heterocycles. The van der Waals surface area contributed by atoms with Gasteiger partial charge in [0.25, 0.3) is 5.56 Å². The van der Waals surface area contributed by atoms with Crippen molar-refractivity contribution in [3.63, 3.8) is 0 Å². The molecule has 6 heteroatoms. The Labute approximate surface area is 148 Å². The van der Waals surface area contributed by atoms with E-state index in [1.807, 2.05) is 41.9 Å². The first-order valence-corrected chi connectivity index (χ1v) is 8.44. The van der Waals surface area contributed by atoms with Crippen molar-refractivity contribution in [1.29, 1.82) is 0 Å². The average Bonchev–Trinajstić information content (AvgIpc) is 2.93. The average molecular weight is 388 g/mol. The molecule has 5 nitrogen and oxygen atoms in total. The van der Waals surface area contributed by atoms with E-state index in [4.69, 9.17) is 0 Å². The van der Waals surface area contributed by atoms with Gasteiger partial charge in [0.15, 0.2) is 0 Å². The van der Waals surface area contributed by atoms with Crippen LogP contribution in [0, 0.1) is 6.92 Å². The molecule has 2 heterocycles. The zero-order valence-electron chi connectivity index (χ0n) is 13.3. The third-order valence-electron chi connectivity index (χ3n) is 3.99. The van der Waals surface area contributed by atoms with Gasteiger partial charge in [0.05, 0.1) is 19.3 Å². The van der Waals surface area contributed by atoms with E-state index in [9.17, 15) is 9.90 Å². The maximum atomic E-state index is 11.9. The van der Waals surface area contributed by atoms with Gasteiger partial charge in [-0.15, -0.1) is 0 Å². The molecule has 0 radical (unpaired) electrons. The Bertz CT molecular complexity index is 887. The smallest absolute Gasteiger partial charge is 0.250 e. The van der Waals surface area contributed by atoms with Crippen molar-refractivity contribution in [3.05, 3.63) is 86.5 Å². The molecule has 0 aliphatic carbocycles. The fourth-order valence-corrected chi connectivity index (χ4v) is 3.01. The molecule has 0 spiro atoms. The van der Waals surface area contributed by atoms with Crippen molar-refractivity contribution in [3.8, 4) is 0 Å². The van der Waals surface area contributed by atoms with Crippen LogP contribution in [0.25, 0.3) is 0 Å². The summed E-state index contributed by atoms with van der Waals surface area (Å²) in [6.45, 7) is 2.77. The summed E-state index contributed by atoms with van der Waals surface area (Å²) in [4.78, 5) is 11.9. The van der Waals surface area contributed by atoms with E-state index in [-0.39, 0.29) is 12.1 Å². The molecule has 124 valence electrons. The molecule has 0 aliphatic rings. The molecule has 2 aromatic heterocycles. The van der Waals surface area contributed by atoms with E-state index in [1.165, 1.54) is 10.6 Å². The molecule has 1 unspecified atom stereocenters. The quantitative estimate of drug-likeness (QED) is 0.731. The highest BCUT2D eigenvalue weighted by Gasteiger charge is 2.16. The normalized spacial score (nSPS) is 12.3. The van der Waals surface area contributed by atoms with Gasteiger partial charge in [-0.25, -0.2) is 0 Å². The van der Waals surface area contributed by atoms with Crippen molar-refractivity contribution in [2.45, 2.75) is 26.1 Å². The lowest BCUT2D eigenvalue weighted by Gasteiger charge is -2.13. The molecule has 3 aromatic rings. The van der Waals surface area contributed by atoms with Gasteiger partial charge in [0, 0.05) is 28.0 Å². The minimum Gasteiger partial charge on any atom is -0.386 e. The standard InChI is InChI=1S/C18H18BrN3O2/c1-13-16(9-20-22(13)10-14-5-3-2-4-6-14)17(23)12-21-11-15(19)7-8-18(21)24/h2-9,11,17,23H,10,12H2,1H3. The summed E-state index contributed by atoms with van der Waals surface area (Å²) in [6.07, 6.45) is 2.56. The minimum absolute atomic E-state index is 0.147. The van der Waals surface area contributed by atoms with Crippen LogP contribution in [0.4, 0.5) is 0 Å². The summed E-state index contributed by atoms with van der Waals surface area (Å²) in [7, 11) is 0. The molecule has 0 amide bonds. The summed E-state index contributed by atoms with van der Waals surface area (Å²) >= 11 is 3.34. The van der Waals surface area contributed by atoms with Gasteiger partial charge in [-0.2, -0.15) is 5.10 Å². The van der Waals surface area contributed by atoms with Crippen molar-refractivity contribution < 1.29 is 5.11 Å². The number of nitrogens with zero attached hydrogens (tertiary/aromatic N) is 3. The van der Waals surface area contributed by atoms with E-state index < -0.39 is 6.10 Å². The molecule has 3 rings (SSSR count). The van der Waals surface area contributed by atoms with Gasteiger partial charge in [-0.1, -0.05) is 30.3 Å². The Kier molecular flexibility index (Phi) is 4.97. The Hall–Kier alpha value is -2.18. The SMILES string of the molecule is Cc1c(C(O)Cn2cc(Br)ccc2=O)cnn1Cc1ccccc1. The molecule has 1 N–H and O–H groups in total. The zero-order valence-corrected chi connectivity index (χ0v) is 14.8. The van der Waals surface area contributed by atoms with Gasteiger partial charge < -0.3 is 9.67 Å². The Morgan fingerprint density at radius 2 is 1.96 bits per heavy atom. The van der Waals surface area contributed by atoms with Crippen LogP contribution in [-0.2, 0) is 13.1 Å². The molecule has 1 atom stereocenters. The van der Waals surface area contributed by atoms with E-state index in [0.717, 1.165) is 21.3 Å². The van der Waals surface area contributed by atoms with Crippen molar-refractivity contribution in [1.82, 2.24) is 14.3 Å². The minimum atomic E-state index is -0.790. The van der Waals surface area contributed by atoms with Crippen molar-refractivity contribution in [2.75, 3.05) is 0 Å².